The third-order valence-corrected chi connectivity index (χ3v) is 3.42. The SMILES string of the molecule is CC(C)(CCN)CCC(=O)NCCC1CC1. The van der Waals surface area contributed by atoms with Gasteiger partial charge in [-0.05, 0) is 37.1 Å². The molecule has 0 spiro atoms. The molecule has 0 aliphatic heterocycles. The summed E-state index contributed by atoms with van der Waals surface area (Å²) in [4.78, 5) is 11.6. The number of nitrogens with two attached hydrogens (primary N) is 1. The second kappa shape index (κ2) is 6.24. The number of amides is 1. The van der Waals surface area contributed by atoms with E-state index in [1.165, 1.54) is 12.8 Å². The molecule has 0 heterocycles. The first-order valence-corrected chi connectivity index (χ1v) is 6.50. The normalized spacial score (nSPS) is 16.2. The Morgan fingerprint density at radius 2 is 2.06 bits per heavy atom. The lowest BCUT2D eigenvalue weighted by Gasteiger charge is -2.23. The lowest BCUT2D eigenvalue weighted by Crippen LogP contribution is -2.27. The van der Waals surface area contributed by atoms with Crippen molar-refractivity contribution in [3.8, 4) is 0 Å². The molecule has 94 valence electrons. The highest BCUT2D eigenvalue weighted by atomic mass is 16.1. The Kier molecular flexibility index (Phi) is 5.26. The van der Waals surface area contributed by atoms with E-state index in [0.717, 1.165) is 31.7 Å². The summed E-state index contributed by atoms with van der Waals surface area (Å²) in [5.74, 6) is 1.10. The van der Waals surface area contributed by atoms with Crippen molar-refractivity contribution in [1.82, 2.24) is 5.32 Å². The van der Waals surface area contributed by atoms with Gasteiger partial charge in [-0.25, -0.2) is 0 Å². The van der Waals surface area contributed by atoms with Crippen molar-refractivity contribution in [2.24, 2.45) is 17.1 Å². The zero-order chi connectivity index (χ0) is 12.0. The van der Waals surface area contributed by atoms with Gasteiger partial charge in [-0.2, -0.15) is 0 Å². The molecular weight excluding hydrogens is 200 g/mol. The third kappa shape index (κ3) is 6.11. The van der Waals surface area contributed by atoms with Crippen LogP contribution in [0.15, 0.2) is 0 Å². The van der Waals surface area contributed by atoms with Crippen molar-refractivity contribution in [2.75, 3.05) is 13.1 Å². The van der Waals surface area contributed by atoms with Crippen molar-refractivity contribution in [3.63, 3.8) is 0 Å². The van der Waals surface area contributed by atoms with Crippen LogP contribution in [0.2, 0.25) is 0 Å². The van der Waals surface area contributed by atoms with E-state index in [2.05, 4.69) is 19.2 Å². The van der Waals surface area contributed by atoms with Crippen LogP contribution < -0.4 is 11.1 Å². The fraction of sp³-hybridized carbons (Fsp3) is 0.923. The predicted octanol–water partition coefficient (Wildman–Crippen LogP) is 2.06. The minimum atomic E-state index is 0.197. The molecular formula is C13H26N2O. The molecule has 0 unspecified atom stereocenters. The van der Waals surface area contributed by atoms with Gasteiger partial charge in [0.2, 0.25) is 5.91 Å². The lowest BCUT2D eigenvalue weighted by molar-refractivity contribution is -0.121. The lowest BCUT2D eigenvalue weighted by atomic mass is 9.84. The first-order valence-electron chi connectivity index (χ1n) is 6.50. The molecule has 1 rings (SSSR count). The van der Waals surface area contributed by atoms with Crippen LogP contribution in [0.25, 0.3) is 0 Å². The summed E-state index contributed by atoms with van der Waals surface area (Å²) < 4.78 is 0. The zero-order valence-electron chi connectivity index (χ0n) is 10.7. The molecule has 0 aromatic carbocycles. The topological polar surface area (TPSA) is 55.1 Å². The van der Waals surface area contributed by atoms with E-state index >= 15 is 0 Å². The molecule has 3 nitrogen and oxygen atoms in total. The quantitative estimate of drug-likeness (QED) is 0.665. The van der Waals surface area contributed by atoms with E-state index in [1.54, 1.807) is 0 Å². The van der Waals surface area contributed by atoms with E-state index < -0.39 is 0 Å². The molecule has 16 heavy (non-hydrogen) atoms. The molecule has 0 aromatic rings. The maximum absolute atomic E-state index is 11.6. The summed E-state index contributed by atoms with van der Waals surface area (Å²) in [7, 11) is 0. The number of carbonyl (C=O) groups is 1. The smallest absolute Gasteiger partial charge is 0.220 e. The van der Waals surface area contributed by atoms with Gasteiger partial charge in [-0.1, -0.05) is 26.7 Å². The third-order valence-electron chi connectivity index (χ3n) is 3.42. The Morgan fingerprint density at radius 1 is 1.38 bits per heavy atom. The van der Waals surface area contributed by atoms with E-state index in [4.69, 9.17) is 5.73 Å². The molecule has 1 fully saturated rings. The van der Waals surface area contributed by atoms with Crippen LogP contribution in [0.4, 0.5) is 0 Å². The minimum Gasteiger partial charge on any atom is -0.356 e. The van der Waals surface area contributed by atoms with Gasteiger partial charge in [0, 0.05) is 13.0 Å². The first-order chi connectivity index (χ1) is 7.53. The number of hydrogen-bond acceptors (Lipinski definition) is 2. The molecule has 1 aliphatic rings. The van der Waals surface area contributed by atoms with Gasteiger partial charge in [-0.15, -0.1) is 0 Å². The Labute approximate surface area is 99.2 Å². The van der Waals surface area contributed by atoms with Gasteiger partial charge >= 0.3 is 0 Å². The van der Waals surface area contributed by atoms with Crippen molar-refractivity contribution < 1.29 is 4.79 Å². The van der Waals surface area contributed by atoms with Crippen LogP contribution in [0.5, 0.6) is 0 Å². The summed E-state index contributed by atoms with van der Waals surface area (Å²) in [6, 6.07) is 0. The van der Waals surface area contributed by atoms with Gasteiger partial charge in [0.15, 0.2) is 0 Å². The average molecular weight is 226 g/mol. The fourth-order valence-corrected chi connectivity index (χ4v) is 1.88. The Morgan fingerprint density at radius 3 is 2.62 bits per heavy atom. The maximum atomic E-state index is 11.6. The summed E-state index contributed by atoms with van der Waals surface area (Å²) in [6.07, 6.45) is 6.44. The monoisotopic (exact) mass is 226 g/mol. The van der Waals surface area contributed by atoms with Crippen LogP contribution >= 0.6 is 0 Å². The molecule has 1 amide bonds. The Balaban J connectivity index is 2.03. The molecule has 3 heteroatoms. The largest absolute Gasteiger partial charge is 0.356 e. The molecule has 0 bridgehead atoms. The molecule has 1 saturated carbocycles. The van der Waals surface area contributed by atoms with Gasteiger partial charge in [0.25, 0.3) is 0 Å². The summed E-state index contributed by atoms with van der Waals surface area (Å²) in [5, 5.41) is 3.00. The minimum absolute atomic E-state index is 0.197. The summed E-state index contributed by atoms with van der Waals surface area (Å²) in [6.45, 7) is 5.92. The van der Waals surface area contributed by atoms with Gasteiger partial charge < -0.3 is 11.1 Å². The van der Waals surface area contributed by atoms with E-state index in [0.29, 0.717) is 13.0 Å². The second-order valence-electron chi connectivity index (χ2n) is 5.78. The van der Waals surface area contributed by atoms with Crippen LogP contribution in [-0.4, -0.2) is 19.0 Å². The van der Waals surface area contributed by atoms with Crippen molar-refractivity contribution >= 4 is 5.91 Å². The first kappa shape index (κ1) is 13.5. The predicted molar refractivity (Wildman–Crippen MR) is 67.0 cm³/mol. The Hall–Kier alpha value is -0.570. The highest BCUT2D eigenvalue weighted by molar-refractivity contribution is 5.75. The standard InChI is InChI=1S/C13H26N2O/c1-13(2,8-9-14)7-5-12(16)15-10-6-11-3-4-11/h11H,3-10,14H2,1-2H3,(H,15,16). The highest BCUT2D eigenvalue weighted by Gasteiger charge is 2.21. The van der Waals surface area contributed by atoms with Crippen LogP contribution in [0.3, 0.4) is 0 Å². The number of hydrogen-bond donors (Lipinski definition) is 2. The molecule has 0 atom stereocenters. The van der Waals surface area contributed by atoms with Gasteiger partial charge in [0.05, 0.1) is 0 Å². The van der Waals surface area contributed by atoms with Crippen molar-refractivity contribution in [3.05, 3.63) is 0 Å². The number of rotatable bonds is 8. The van der Waals surface area contributed by atoms with E-state index in [-0.39, 0.29) is 11.3 Å². The summed E-state index contributed by atoms with van der Waals surface area (Å²) in [5.41, 5.74) is 5.74. The van der Waals surface area contributed by atoms with Crippen LogP contribution in [-0.2, 0) is 4.79 Å². The number of nitrogens with one attached hydrogen (secondary N) is 1. The zero-order valence-corrected chi connectivity index (χ0v) is 10.7. The second-order valence-corrected chi connectivity index (χ2v) is 5.78. The van der Waals surface area contributed by atoms with Crippen molar-refractivity contribution in [1.29, 1.82) is 0 Å². The number of carbonyl (C=O) groups excluding carboxylic acids is 1. The molecule has 1 aliphatic carbocycles. The fourth-order valence-electron chi connectivity index (χ4n) is 1.88. The van der Waals surface area contributed by atoms with Gasteiger partial charge in [-0.3, -0.25) is 4.79 Å². The highest BCUT2D eigenvalue weighted by Crippen LogP contribution is 2.31. The van der Waals surface area contributed by atoms with E-state index in [9.17, 15) is 4.79 Å². The van der Waals surface area contributed by atoms with Crippen LogP contribution in [0, 0.1) is 11.3 Å². The summed E-state index contributed by atoms with van der Waals surface area (Å²) >= 11 is 0. The average Bonchev–Trinajstić information content (AvgIpc) is 2.99. The molecule has 0 aromatic heterocycles. The molecule has 0 radical (unpaired) electrons. The Bertz CT molecular complexity index is 222. The van der Waals surface area contributed by atoms with Crippen molar-refractivity contribution in [2.45, 2.75) is 52.4 Å². The molecule has 0 saturated heterocycles. The van der Waals surface area contributed by atoms with Gasteiger partial charge in [0.1, 0.15) is 0 Å². The molecule has 3 N–H and O–H groups in total. The van der Waals surface area contributed by atoms with Crippen LogP contribution in [0.1, 0.15) is 52.4 Å². The maximum Gasteiger partial charge on any atom is 0.220 e. The van der Waals surface area contributed by atoms with E-state index in [1.807, 2.05) is 0 Å².